The first-order valence-corrected chi connectivity index (χ1v) is 6.29. The minimum absolute atomic E-state index is 0. The second kappa shape index (κ2) is 18.1. The fourth-order valence-electron chi connectivity index (χ4n) is 0. The molecular formula is H10Er2O14S3. The van der Waals surface area contributed by atoms with Crippen LogP contribution in [0.1, 0.15) is 0 Å². The van der Waals surface area contributed by atoms with Crippen LogP contribution in [0.4, 0.5) is 0 Å². The van der Waals surface area contributed by atoms with E-state index in [0.29, 0.717) is 0 Å². The molecule has 0 radical (unpaired) electrons. The molecule has 136 valence electrons. The van der Waals surface area contributed by atoms with E-state index in [0.717, 1.165) is 0 Å². The molecule has 0 unspecified atom stereocenters. The van der Waals surface area contributed by atoms with Gasteiger partial charge in [0.2, 0.25) is 0 Å². The van der Waals surface area contributed by atoms with E-state index < -0.39 is 31.2 Å². The third kappa shape index (κ3) is 1590. The molecular weight excluding hydrogens is 655 g/mol. The molecule has 0 aliphatic carbocycles. The summed E-state index contributed by atoms with van der Waals surface area (Å²) in [4.78, 5) is 0. The quantitative estimate of drug-likeness (QED) is 0.137. The van der Waals surface area contributed by atoms with Crippen LogP contribution in [0.3, 0.4) is 0 Å². The Bertz CT molecular complexity index is 342. The summed E-state index contributed by atoms with van der Waals surface area (Å²) in [6, 6.07) is 0. The van der Waals surface area contributed by atoms with Gasteiger partial charge in [-0.15, -0.1) is 0 Å². The first-order chi connectivity index (χ1) is 6.00. The van der Waals surface area contributed by atoms with Crippen molar-refractivity contribution in [2.45, 2.75) is 0 Å². The fourth-order valence-corrected chi connectivity index (χ4v) is 0. The average molecular weight is 665 g/mol. The molecule has 0 saturated carbocycles. The largest absolute Gasteiger partial charge is 0.412 e. The maximum Gasteiger partial charge on any atom is 0.394 e. The smallest absolute Gasteiger partial charge is 0.394 e. The molecule has 0 atom stereocenters. The first kappa shape index (κ1) is 42.9. The number of rotatable bonds is 0. The maximum absolute atomic E-state index is 8.74. The molecule has 0 saturated heterocycles. The molecule has 0 aromatic rings. The Hall–Kier alpha value is 2.02. The van der Waals surface area contributed by atoms with Crippen molar-refractivity contribution >= 4 is 31.2 Å². The summed E-state index contributed by atoms with van der Waals surface area (Å²) in [6.07, 6.45) is 0. The van der Waals surface area contributed by atoms with Crippen molar-refractivity contribution in [3.8, 4) is 0 Å². The fraction of sp³-hybridized carbons (Fsp3) is 0. The molecule has 0 spiro atoms. The molecule has 0 amide bonds. The Morgan fingerprint density at radius 2 is 0.421 bits per heavy atom. The van der Waals surface area contributed by atoms with Crippen molar-refractivity contribution in [2.24, 2.45) is 0 Å². The first-order valence-electron chi connectivity index (χ1n) is 2.10. The van der Waals surface area contributed by atoms with E-state index in [1.54, 1.807) is 0 Å². The topological polar surface area (TPSA) is 287 Å². The van der Waals surface area contributed by atoms with E-state index >= 15 is 0 Å². The Morgan fingerprint density at radius 1 is 0.421 bits per heavy atom. The van der Waals surface area contributed by atoms with Crippen LogP contribution in [-0.4, -0.2) is 63.5 Å². The van der Waals surface area contributed by atoms with Gasteiger partial charge in [0, 0.05) is 74.6 Å². The zero-order chi connectivity index (χ0) is 13.5. The summed E-state index contributed by atoms with van der Waals surface area (Å²) in [5.41, 5.74) is 0. The molecule has 0 aliphatic rings. The summed E-state index contributed by atoms with van der Waals surface area (Å²) >= 11 is 0. The van der Waals surface area contributed by atoms with Gasteiger partial charge in [0.15, 0.2) is 0 Å². The second-order valence-corrected chi connectivity index (χ2v) is 4.03. The van der Waals surface area contributed by atoms with Gasteiger partial charge in [-0.25, -0.2) is 0 Å². The van der Waals surface area contributed by atoms with Gasteiger partial charge in [0.25, 0.3) is 0 Å². The average Bonchev–Trinajstić information content (AvgIpc) is 1.41. The van der Waals surface area contributed by atoms with Crippen molar-refractivity contribution in [3.63, 3.8) is 0 Å². The van der Waals surface area contributed by atoms with E-state index in [1.807, 2.05) is 0 Å². The number of hydrogen-bond donors (Lipinski definition) is 6. The molecule has 0 aliphatic heterocycles. The van der Waals surface area contributed by atoms with Crippen LogP contribution < -0.4 is 0 Å². The van der Waals surface area contributed by atoms with Gasteiger partial charge in [-0.3, -0.25) is 27.3 Å². The van der Waals surface area contributed by atoms with Gasteiger partial charge in [-0.05, 0) is 0 Å². The van der Waals surface area contributed by atoms with E-state index in [9.17, 15) is 0 Å². The van der Waals surface area contributed by atoms with Gasteiger partial charge < -0.3 is 11.0 Å². The Balaban J connectivity index is -0.0000000206. The molecule has 0 bridgehead atoms. The minimum Gasteiger partial charge on any atom is -0.412 e. The van der Waals surface area contributed by atoms with Gasteiger partial charge in [0.1, 0.15) is 0 Å². The van der Waals surface area contributed by atoms with Crippen LogP contribution in [0, 0.1) is 74.6 Å². The minimum atomic E-state index is -4.67. The standard InChI is InChI=1S/2Er.3H2O4S.2H2O/c;;3*1-5(2,3)4;;/h;;3*(H2,1,2,3,4);2*1H2. The van der Waals surface area contributed by atoms with Crippen molar-refractivity contribution in [3.05, 3.63) is 0 Å². The van der Waals surface area contributed by atoms with Crippen LogP contribution in [-0.2, 0) is 31.2 Å². The van der Waals surface area contributed by atoms with E-state index in [-0.39, 0.29) is 85.6 Å². The van der Waals surface area contributed by atoms with Crippen molar-refractivity contribution < 1.29 is 138 Å². The van der Waals surface area contributed by atoms with Gasteiger partial charge >= 0.3 is 31.2 Å². The zero-order valence-electron chi connectivity index (χ0n) is 7.93. The maximum atomic E-state index is 8.74. The second-order valence-electron chi connectivity index (χ2n) is 1.34. The van der Waals surface area contributed by atoms with Crippen LogP contribution >= 0.6 is 0 Å². The summed E-state index contributed by atoms with van der Waals surface area (Å²) in [6.45, 7) is 0. The molecule has 19 heavy (non-hydrogen) atoms. The predicted octanol–water partition coefficient (Wildman–Crippen LogP) is -3.61. The molecule has 0 rings (SSSR count). The summed E-state index contributed by atoms with van der Waals surface area (Å²) < 4.78 is 94.8. The third-order valence-electron chi connectivity index (χ3n) is 0. The zero-order valence-corrected chi connectivity index (χ0v) is 14.1. The molecule has 0 heterocycles. The van der Waals surface area contributed by atoms with Crippen molar-refractivity contribution in [2.75, 3.05) is 0 Å². The molecule has 10 N–H and O–H groups in total. The van der Waals surface area contributed by atoms with E-state index in [2.05, 4.69) is 0 Å². The summed E-state index contributed by atoms with van der Waals surface area (Å²) in [5.74, 6) is 0. The SMILES string of the molecule is O.O.O=S(=O)(O)O.O=S(=O)(O)O.O=S(=O)(O)O.[Er].[Er]. The molecule has 0 aromatic carbocycles. The van der Waals surface area contributed by atoms with Crippen molar-refractivity contribution in [1.29, 1.82) is 0 Å². The van der Waals surface area contributed by atoms with Crippen molar-refractivity contribution in [1.82, 2.24) is 0 Å². The molecule has 14 nitrogen and oxygen atoms in total. The summed E-state index contributed by atoms with van der Waals surface area (Å²) in [5, 5.41) is 0. The van der Waals surface area contributed by atoms with Crippen LogP contribution in [0.25, 0.3) is 0 Å². The molecule has 0 fully saturated rings. The number of hydrogen-bond acceptors (Lipinski definition) is 6. The van der Waals surface area contributed by atoms with Gasteiger partial charge in [-0.1, -0.05) is 0 Å². The van der Waals surface area contributed by atoms with Crippen LogP contribution in [0.5, 0.6) is 0 Å². The summed E-state index contributed by atoms with van der Waals surface area (Å²) in [7, 11) is -14.0. The Morgan fingerprint density at radius 3 is 0.421 bits per heavy atom. The normalized spacial score (nSPS) is 9.16. The van der Waals surface area contributed by atoms with E-state index in [4.69, 9.17) is 52.6 Å². The Labute approximate surface area is 167 Å². The van der Waals surface area contributed by atoms with Gasteiger partial charge in [0.05, 0.1) is 0 Å². The van der Waals surface area contributed by atoms with Crippen LogP contribution in [0.15, 0.2) is 0 Å². The van der Waals surface area contributed by atoms with E-state index in [1.165, 1.54) is 0 Å². The monoisotopic (exact) mass is 662 g/mol. The van der Waals surface area contributed by atoms with Gasteiger partial charge in [-0.2, -0.15) is 25.3 Å². The molecule has 19 heteroatoms. The third-order valence-corrected chi connectivity index (χ3v) is 0. The Kier molecular flexibility index (Phi) is 40.8. The molecule has 0 aromatic heterocycles. The predicted molar refractivity (Wildman–Crippen MR) is 49.8 cm³/mol. The van der Waals surface area contributed by atoms with Crippen LogP contribution in [0.2, 0.25) is 0 Å².